The molecule has 92 valence electrons. The molecule has 2 rings (SSSR count). The quantitative estimate of drug-likeness (QED) is 0.859. The van der Waals surface area contributed by atoms with Gasteiger partial charge in [0.1, 0.15) is 10.4 Å². The maximum atomic E-state index is 12.0. The molecule has 4 heteroatoms. The maximum Gasteiger partial charge on any atom is 0.256 e. The molecule has 0 bridgehead atoms. The number of benzene rings is 1. The lowest BCUT2D eigenvalue weighted by atomic mass is 10.1. The molecule has 18 heavy (non-hydrogen) atoms. The molecule has 0 aliphatic carbocycles. The number of hydrogen-bond acceptors (Lipinski definition) is 2. The van der Waals surface area contributed by atoms with E-state index in [0.717, 1.165) is 5.56 Å². The molecule has 0 fully saturated rings. The number of hydrogen-bond donors (Lipinski definition) is 1. The molecule has 1 aromatic heterocycles. The zero-order valence-corrected chi connectivity index (χ0v) is 11.8. The van der Waals surface area contributed by atoms with Gasteiger partial charge >= 0.3 is 0 Å². The van der Waals surface area contributed by atoms with Gasteiger partial charge in [-0.3, -0.25) is 4.79 Å². The van der Waals surface area contributed by atoms with Crippen LogP contribution < -0.4 is 5.32 Å². The summed E-state index contributed by atoms with van der Waals surface area (Å²) in [5, 5.41) is 2.77. The number of aromatic nitrogens is 1. The molecule has 0 radical (unpaired) electrons. The van der Waals surface area contributed by atoms with Crippen molar-refractivity contribution in [3.8, 4) is 0 Å². The minimum atomic E-state index is -0.149. The van der Waals surface area contributed by atoms with Crippen LogP contribution in [0.2, 0.25) is 0 Å². The average Bonchev–Trinajstić information content (AvgIpc) is 2.32. The SMILES string of the molecule is Cc1ccc(C(=O)Nc2cccc(Br)n2)cc1C. The van der Waals surface area contributed by atoms with Crippen molar-refractivity contribution in [3.05, 3.63) is 57.7 Å². The molecule has 0 aliphatic heterocycles. The van der Waals surface area contributed by atoms with E-state index in [0.29, 0.717) is 16.0 Å². The zero-order valence-electron chi connectivity index (χ0n) is 10.2. The topological polar surface area (TPSA) is 42.0 Å². The Morgan fingerprint density at radius 2 is 1.94 bits per heavy atom. The number of amides is 1. The number of anilines is 1. The van der Waals surface area contributed by atoms with Crippen LogP contribution in [0.4, 0.5) is 5.82 Å². The average molecular weight is 305 g/mol. The van der Waals surface area contributed by atoms with E-state index < -0.39 is 0 Å². The minimum Gasteiger partial charge on any atom is -0.307 e. The zero-order chi connectivity index (χ0) is 13.1. The van der Waals surface area contributed by atoms with Crippen molar-refractivity contribution < 1.29 is 4.79 Å². The third kappa shape index (κ3) is 2.96. The number of halogens is 1. The molecule has 0 aliphatic rings. The summed E-state index contributed by atoms with van der Waals surface area (Å²) >= 11 is 3.27. The molecular formula is C14H13BrN2O. The van der Waals surface area contributed by atoms with Crippen LogP contribution >= 0.6 is 15.9 Å². The van der Waals surface area contributed by atoms with Crippen LogP contribution in [0.5, 0.6) is 0 Å². The largest absolute Gasteiger partial charge is 0.307 e. The fourth-order valence-electron chi connectivity index (χ4n) is 1.55. The van der Waals surface area contributed by atoms with Crippen molar-refractivity contribution in [2.24, 2.45) is 0 Å². The molecule has 0 atom stereocenters. The molecule has 0 unspecified atom stereocenters. The Labute approximate surface area is 114 Å². The van der Waals surface area contributed by atoms with Gasteiger partial charge in [0.2, 0.25) is 0 Å². The second-order valence-corrected chi connectivity index (χ2v) is 4.91. The van der Waals surface area contributed by atoms with Crippen LogP contribution in [-0.2, 0) is 0 Å². The monoisotopic (exact) mass is 304 g/mol. The van der Waals surface area contributed by atoms with Gasteiger partial charge in [0.15, 0.2) is 0 Å². The second-order valence-electron chi connectivity index (χ2n) is 4.10. The molecule has 1 heterocycles. The maximum absolute atomic E-state index is 12.0. The Balaban J connectivity index is 2.19. The lowest BCUT2D eigenvalue weighted by Gasteiger charge is -2.06. The molecule has 0 saturated carbocycles. The van der Waals surface area contributed by atoms with Crippen molar-refractivity contribution >= 4 is 27.7 Å². The van der Waals surface area contributed by atoms with E-state index in [-0.39, 0.29) is 5.91 Å². The van der Waals surface area contributed by atoms with E-state index in [2.05, 4.69) is 26.2 Å². The van der Waals surface area contributed by atoms with E-state index >= 15 is 0 Å². The van der Waals surface area contributed by atoms with Gasteiger partial charge in [-0.15, -0.1) is 0 Å². The number of nitrogens with one attached hydrogen (secondary N) is 1. The van der Waals surface area contributed by atoms with Gasteiger partial charge in [-0.05, 0) is 65.2 Å². The third-order valence-corrected chi connectivity index (χ3v) is 3.17. The highest BCUT2D eigenvalue weighted by atomic mass is 79.9. The normalized spacial score (nSPS) is 10.2. The number of aryl methyl sites for hydroxylation is 2. The Morgan fingerprint density at radius 1 is 1.17 bits per heavy atom. The lowest BCUT2D eigenvalue weighted by molar-refractivity contribution is 0.102. The van der Waals surface area contributed by atoms with E-state index in [1.54, 1.807) is 6.07 Å². The van der Waals surface area contributed by atoms with Gasteiger partial charge in [-0.2, -0.15) is 0 Å². The van der Waals surface area contributed by atoms with Gasteiger partial charge in [0.05, 0.1) is 0 Å². The van der Waals surface area contributed by atoms with Crippen molar-refractivity contribution in [3.63, 3.8) is 0 Å². The first-order valence-corrected chi connectivity index (χ1v) is 6.37. The number of pyridine rings is 1. The van der Waals surface area contributed by atoms with Gasteiger partial charge in [-0.1, -0.05) is 12.1 Å². The highest BCUT2D eigenvalue weighted by Crippen LogP contribution is 2.13. The fraction of sp³-hybridized carbons (Fsp3) is 0.143. The van der Waals surface area contributed by atoms with E-state index in [1.807, 2.05) is 44.2 Å². The van der Waals surface area contributed by atoms with Crippen LogP contribution in [-0.4, -0.2) is 10.9 Å². The molecule has 0 saturated heterocycles. The number of rotatable bonds is 2. The lowest BCUT2D eigenvalue weighted by Crippen LogP contribution is -2.13. The van der Waals surface area contributed by atoms with Gasteiger partial charge in [0, 0.05) is 5.56 Å². The Morgan fingerprint density at radius 3 is 2.61 bits per heavy atom. The fourth-order valence-corrected chi connectivity index (χ4v) is 1.89. The highest BCUT2D eigenvalue weighted by molar-refractivity contribution is 9.10. The summed E-state index contributed by atoms with van der Waals surface area (Å²) in [6.45, 7) is 4.01. The van der Waals surface area contributed by atoms with E-state index in [4.69, 9.17) is 0 Å². The molecule has 0 spiro atoms. The first-order valence-electron chi connectivity index (χ1n) is 5.57. The van der Waals surface area contributed by atoms with Crippen LogP contribution in [0.15, 0.2) is 41.0 Å². The summed E-state index contributed by atoms with van der Waals surface area (Å²) in [7, 11) is 0. The summed E-state index contributed by atoms with van der Waals surface area (Å²) < 4.78 is 0.695. The predicted molar refractivity (Wildman–Crippen MR) is 75.8 cm³/mol. The summed E-state index contributed by atoms with van der Waals surface area (Å²) in [6, 6.07) is 11.0. The predicted octanol–water partition coefficient (Wildman–Crippen LogP) is 3.71. The molecule has 3 nitrogen and oxygen atoms in total. The first-order chi connectivity index (χ1) is 8.56. The van der Waals surface area contributed by atoms with Gasteiger partial charge < -0.3 is 5.32 Å². The Kier molecular flexibility index (Phi) is 3.77. The Bertz CT molecular complexity index is 596. The molecule has 2 aromatic rings. The third-order valence-electron chi connectivity index (χ3n) is 2.73. The molecule has 1 aromatic carbocycles. The molecule has 1 N–H and O–H groups in total. The molecule has 1 amide bonds. The van der Waals surface area contributed by atoms with Crippen LogP contribution in [0.1, 0.15) is 21.5 Å². The summed E-state index contributed by atoms with van der Waals surface area (Å²) in [5.74, 6) is 0.385. The van der Waals surface area contributed by atoms with E-state index in [1.165, 1.54) is 5.56 Å². The van der Waals surface area contributed by atoms with Crippen molar-refractivity contribution in [1.29, 1.82) is 0 Å². The highest BCUT2D eigenvalue weighted by Gasteiger charge is 2.07. The van der Waals surface area contributed by atoms with Crippen molar-refractivity contribution in [2.75, 3.05) is 5.32 Å². The van der Waals surface area contributed by atoms with Crippen LogP contribution in [0, 0.1) is 13.8 Å². The van der Waals surface area contributed by atoms with Gasteiger partial charge in [-0.25, -0.2) is 4.98 Å². The number of carbonyl (C=O) groups is 1. The number of carbonyl (C=O) groups excluding carboxylic acids is 1. The van der Waals surface area contributed by atoms with Crippen LogP contribution in [0.25, 0.3) is 0 Å². The number of nitrogens with zero attached hydrogens (tertiary/aromatic N) is 1. The van der Waals surface area contributed by atoms with Crippen molar-refractivity contribution in [1.82, 2.24) is 4.98 Å². The summed E-state index contributed by atoms with van der Waals surface area (Å²) in [5.41, 5.74) is 2.91. The minimum absolute atomic E-state index is 0.149. The first kappa shape index (κ1) is 12.8. The van der Waals surface area contributed by atoms with Crippen LogP contribution in [0.3, 0.4) is 0 Å². The van der Waals surface area contributed by atoms with Gasteiger partial charge in [0.25, 0.3) is 5.91 Å². The smallest absolute Gasteiger partial charge is 0.256 e. The summed E-state index contributed by atoms with van der Waals surface area (Å²) in [6.07, 6.45) is 0. The standard InChI is InChI=1S/C14H13BrN2O/c1-9-6-7-11(8-10(9)2)14(18)17-13-5-3-4-12(15)16-13/h3-8H,1-2H3,(H,16,17,18). The summed E-state index contributed by atoms with van der Waals surface area (Å²) in [4.78, 5) is 16.2. The van der Waals surface area contributed by atoms with Crippen molar-refractivity contribution in [2.45, 2.75) is 13.8 Å². The molecular weight excluding hydrogens is 292 g/mol. The Hall–Kier alpha value is -1.68. The second kappa shape index (κ2) is 5.31. The van der Waals surface area contributed by atoms with E-state index in [9.17, 15) is 4.79 Å².